The largest absolute Gasteiger partial charge is 0.265 e. The summed E-state index contributed by atoms with van der Waals surface area (Å²) in [4.78, 5) is 4.07. The highest BCUT2D eigenvalue weighted by Crippen LogP contribution is 2.30. The van der Waals surface area contributed by atoms with Gasteiger partial charge in [-0.05, 0) is 22.0 Å². The van der Waals surface area contributed by atoms with Crippen LogP contribution < -0.4 is 0 Å². The predicted octanol–water partition coefficient (Wildman–Crippen LogP) is 3.74. The second-order valence-corrected chi connectivity index (χ2v) is 4.09. The zero-order valence-corrected chi connectivity index (χ0v) is 10.6. The van der Waals surface area contributed by atoms with Crippen molar-refractivity contribution in [1.82, 2.24) is 4.98 Å². The van der Waals surface area contributed by atoms with Crippen molar-refractivity contribution in [2.75, 3.05) is 0 Å². The van der Waals surface area contributed by atoms with E-state index in [4.69, 9.17) is 5.26 Å². The molecule has 0 unspecified atom stereocenters. The molecule has 1 heterocycles. The van der Waals surface area contributed by atoms with E-state index in [0.29, 0.717) is 16.7 Å². The Bertz CT molecular complexity index is 402. The molecular weight excluding hydrogens is 334 g/mol. The summed E-state index contributed by atoms with van der Waals surface area (Å²) < 4.78 is 25.4. The Balaban J connectivity index is 3.28. The normalized spacial score (nSPS) is 10.4. The van der Waals surface area contributed by atoms with Crippen LogP contribution in [-0.2, 0) is 11.8 Å². The number of pyridine rings is 1. The lowest BCUT2D eigenvalue weighted by Crippen LogP contribution is -2.00. The van der Waals surface area contributed by atoms with Crippen LogP contribution >= 0.6 is 31.9 Å². The first-order valence-corrected chi connectivity index (χ1v) is 5.90. The third kappa shape index (κ3) is 2.95. The van der Waals surface area contributed by atoms with Crippen LogP contribution in [0, 0.1) is 11.3 Å². The molecule has 0 aromatic carbocycles. The molecule has 1 aromatic rings. The molecule has 0 aliphatic heterocycles. The summed E-state index contributed by atoms with van der Waals surface area (Å²) >= 11 is 6.18. The predicted molar refractivity (Wildman–Crippen MR) is 58.8 cm³/mol. The van der Waals surface area contributed by atoms with Crippen molar-refractivity contribution in [2.45, 2.75) is 18.2 Å². The molecule has 0 atom stereocenters. The standard InChI is InChI=1S/C9H6Br2F2N2/c10-4-5-3-6(9(12)13)8(11)7(15-5)1-2-14/h3,9H,1,4H2. The summed E-state index contributed by atoms with van der Waals surface area (Å²) in [6.45, 7) is 0. The summed E-state index contributed by atoms with van der Waals surface area (Å²) in [5.41, 5.74) is 0.730. The monoisotopic (exact) mass is 338 g/mol. The number of hydrogen-bond donors (Lipinski definition) is 0. The number of alkyl halides is 3. The zero-order chi connectivity index (χ0) is 11.4. The van der Waals surface area contributed by atoms with Gasteiger partial charge in [-0.3, -0.25) is 4.98 Å². The number of nitriles is 1. The van der Waals surface area contributed by atoms with Gasteiger partial charge in [0.25, 0.3) is 6.43 Å². The van der Waals surface area contributed by atoms with Gasteiger partial charge in [0.1, 0.15) is 0 Å². The minimum absolute atomic E-state index is 0.0150. The Morgan fingerprint density at radius 1 is 1.53 bits per heavy atom. The van der Waals surface area contributed by atoms with Crippen LogP contribution in [0.4, 0.5) is 8.78 Å². The van der Waals surface area contributed by atoms with E-state index < -0.39 is 6.43 Å². The minimum Gasteiger partial charge on any atom is -0.255 e. The van der Waals surface area contributed by atoms with Crippen molar-refractivity contribution in [2.24, 2.45) is 0 Å². The van der Waals surface area contributed by atoms with Gasteiger partial charge >= 0.3 is 0 Å². The first kappa shape index (κ1) is 12.5. The molecule has 0 amide bonds. The summed E-state index contributed by atoms with van der Waals surface area (Å²) in [7, 11) is 0. The van der Waals surface area contributed by atoms with Crippen molar-refractivity contribution < 1.29 is 8.78 Å². The lowest BCUT2D eigenvalue weighted by molar-refractivity contribution is 0.150. The number of rotatable bonds is 3. The Kier molecular flexibility index (Phi) is 4.61. The Hall–Kier alpha value is -0.540. The number of aromatic nitrogens is 1. The van der Waals surface area contributed by atoms with Crippen LogP contribution in [0.15, 0.2) is 10.5 Å². The Morgan fingerprint density at radius 3 is 2.67 bits per heavy atom. The Labute approximate surface area is 103 Å². The molecule has 0 saturated heterocycles. The van der Waals surface area contributed by atoms with E-state index in [2.05, 4.69) is 36.8 Å². The molecule has 0 bridgehead atoms. The third-order valence-corrected chi connectivity index (χ3v) is 3.22. The summed E-state index contributed by atoms with van der Waals surface area (Å²) in [5, 5.41) is 8.91. The van der Waals surface area contributed by atoms with Crippen LogP contribution in [0.5, 0.6) is 0 Å². The van der Waals surface area contributed by atoms with Crippen LogP contribution in [-0.4, -0.2) is 4.98 Å². The quantitative estimate of drug-likeness (QED) is 0.786. The first-order valence-electron chi connectivity index (χ1n) is 3.99. The van der Waals surface area contributed by atoms with Crippen LogP contribution in [0.3, 0.4) is 0 Å². The molecule has 0 saturated carbocycles. The highest BCUT2D eigenvalue weighted by Gasteiger charge is 2.17. The number of halogens is 4. The molecule has 2 nitrogen and oxygen atoms in total. The molecule has 0 fully saturated rings. The van der Waals surface area contributed by atoms with Crippen LogP contribution in [0.1, 0.15) is 23.4 Å². The molecule has 1 aromatic heterocycles. The molecule has 0 aliphatic rings. The smallest absolute Gasteiger partial charge is 0.255 e. The second kappa shape index (κ2) is 5.52. The van der Waals surface area contributed by atoms with Gasteiger partial charge in [0.2, 0.25) is 0 Å². The van der Waals surface area contributed by atoms with Crippen molar-refractivity contribution in [3.8, 4) is 6.07 Å². The van der Waals surface area contributed by atoms with E-state index >= 15 is 0 Å². The van der Waals surface area contributed by atoms with E-state index in [-0.39, 0.29) is 16.5 Å². The van der Waals surface area contributed by atoms with E-state index in [1.54, 1.807) is 0 Å². The van der Waals surface area contributed by atoms with Gasteiger partial charge < -0.3 is 0 Å². The van der Waals surface area contributed by atoms with Gasteiger partial charge in [-0.15, -0.1) is 0 Å². The molecule has 80 valence electrons. The molecule has 1 rings (SSSR count). The second-order valence-electron chi connectivity index (χ2n) is 2.73. The molecule has 6 heteroatoms. The number of nitrogens with zero attached hydrogens (tertiary/aromatic N) is 2. The van der Waals surface area contributed by atoms with Crippen molar-refractivity contribution >= 4 is 31.9 Å². The summed E-state index contributed by atoms with van der Waals surface area (Å²) in [6, 6.07) is 3.21. The van der Waals surface area contributed by atoms with Crippen LogP contribution in [0.2, 0.25) is 0 Å². The van der Waals surface area contributed by atoms with E-state index in [9.17, 15) is 8.78 Å². The van der Waals surface area contributed by atoms with Gasteiger partial charge in [-0.25, -0.2) is 8.78 Å². The lowest BCUT2D eigenvalue weighted by Gasteiger charge is -2.08. The van der Waals surface area contributed by atoms with E-state index in [1.165, 1.54) is 6.07 Å². The average molecular weight is 340 g/mol. The van der Waals surface area contributed by atoms with Gasteiger partial charge in [-0.1, -0.05) is 15.9 Å². The molecule has 0 spiro atoms. The fraction of sp³-hybridized carbons (Fsp3) is 0.333. The Morgan fingerprint density at radius 2 is 2.20 bits per heavy atom. The molecule has 15 heavy (non-hydrogen) atoms. The fourth-order valence-electron chi connectivity index (χ4n) is 1.08. The average Bonchev–Trinajstić information content (AvgIpc) is 2.21. The molecule has 0 N–H and O–H groups in total. The fourth-order valence-corrected chi connectivity index (χ4v) is 1.89. The van der Waals surface area contributed by atoms with E-state index in [1.807, 2.05) is 6.07 Å². The van der Waals surface area contributed by atoms with Gasteiger partial charge in [0.05, 0.1) is 23.9 Å². The van der Waals surface area contributed by atoms with Crippen LogP contribution in [0.25, 0.3) is 0 Å². The maximum absolute atomic E-state index is 12.6. The zero-order valence-electron chi connectivity index (χ0n) is 7.48. The summed E-state index contributed by atoms with van der Waals surface area (Å²) in [5.74, 6) is 0. The molecular formula is C9H6Br2F2N2. The summed E-state index contributed by atoms with van der Waals surface area (Å²) in [6.07, 6.45) is -2.56. The van der Waals surface area contributed by atoms with Gasteiger partial charge in [0, 0.05) is 15.4 Å². The SMILES string of the molecule is N#CCc1nc(CBr)cc(C(F)F)c1Br. The van der Waals surface area contributed by atoms with Gasteiger partial charge in [0.15, 0.2) is 0 Å². The lowest BCUT2D eigenvalue weighted by atomic mass is 10.2. The first-order chi connectivity index (χ1) is 7.10. The maximum Gasteiger partial charge on any atom is 0.265 e. The van der Waals surface area contributed by atoms with Crippen molar-refractivity contribution in [3.63, 3.8) is 0 Å². The topological polar surface area (TPSA) is 36.7 Å². The van der Waals surface area contributed by atoms with E-state index in [0.717, 1.165) is 0 Å². The highest BCUT2D eigenvalue weighted by molar-refractivity contribution is 9.10. The highest BCUT2D eigenvalue weighted by atomic mass is 79.9. The molecule has 0 radical (unpaired) electrons. The van der Waals surface area contributed by atoms with Crippen molar-refractivity contribution in [1.29, 1.82) is 5.26 Å². The third-order valence-electron chi connectivity index (χ3n) is 1.73. The van der Waals surface area contributed by atoms with Gasteiger partial charge in [-0.2, -0.15) is 5.26 Å². The maximum atomic E-state index is 12.6. The minimum atomic E-state index is -2.57. The van der Waals surface area contributed by atoms with Crippen molar-refractivity contribution in [3.05, 3.63) is 27.5 Å². The number of hydrogen-bond acceptors (Lipinski definition) is 2. The molecule has 0 aliphatic carbocycles.